The molecule has 1 aliphatic carbocycles. The van der Waals surface area contributed by atoms with E-state index in [1.165, 1.54) is 15.7 Å². The number of nitrogens with zero attached hydrogens (tertiary/aromatic N) is 4. The van der Waals surface area contributed by atoms with Gasteiger partial charge in [-0.2, -0.15) is 0 Å². The lowest BCUT2D eigenvalue weighted by molar-refractivity contribution is -0.123. The first-order valence-corrected chi connectivity index (χ1v) is 14.5. The average molecular weight is 519 g/mol. The van der Waals surface area contributed by atoms with Crippen LogP contribution >= 0.6 is 24.0 Å². The Kier molecular flexibility index (Phi) is 6.28. The van der Waals surface area contributed by atoms with E-state index >= 15 is 0 Å². The third-order valence-corrected chi connectivity index (χ3v) is 9.96. The number of fused-ring (bicyclic) bond motifs is 1. The zero-order chi connectivity index (χ0) is 24.0. The molecule has 1 amide bonds. The summed E-state index contributed by atoms with van der Waals surface area (Å²) < 4.78 is 25.7. The van der Waals surface area contributed by atoms with Gasteiger partial charge in [-0.05, 0) is 37.5 Å². The van der Waals surface area contributed by atoms with Crippen LogP contribution in [0.5, 0.6) is 0 Å². The minimum Gasteiger partial charge on any atom is -0.356 e. The standard InChI is InChI=1S/C23H26N4O4S3/c1-25(15-7-3-2-4-8-15)20-17(21(28)26-11-6-5-9-19(26)24-20)13-18-22(29)27(23(32)33-18)16-10-12-34(30,31)14-16/h5-6,9,11,13,15-16H,2-4,7-8,10,12,14H2,1H3/b18-13-. The van der Waals surface area contributed by atoms with Gasteiger partial charge in [-0.25, -0.2) is 13.4 Å². The van der Waals surface area contributed by atoms with Crippen molar-refractivity contribution < 1.29 is 13.2 Å². The molecular weight excluding hydrogens is 492 g/mol. The lowest BCUT2D eigenvalue weighted by Gasteiger charge is -2.33. The highest BCUT2D eigenvalue weighted by Gasteiger charge is 2.42. The number of aromatic nitrogens is 2. The average Bonchev–Trinajstić information content (AvgIpc) is 3.32. The third-order valence-electron chi connectivity index (χ3n) is 6.88. The maximum Gasteiger partial charge on any atom is 0.267 e. The number of pyridine rings is 1. The number of carbonyl (C=O) groups is 1. The lowest BCUT2D eigenvalue weighted by Crippen LogP contribution is -2.39. The molecule has 2 aliphatic heterocycles. The van der Waals surface area contributed by atoms with Crippen molar-refractivity contribution in [1.29, 1.82) is 0 Å². The van der Waals surface area contributed by atoms with Gasteiger partial charge >= 0.3 is 0 Å². The second-order valence-corrected chi connectivity index (χ2v) is 13.0. The van der Waals surface area contributed by atoms with Gasteiger partial charge < -0.3 is 4.90 Å². The Balaban J connectivity index is 1.57. The van der Waals surface area contributed by atoms with Crippen LogP contribution in [0.1, 0.15) is 44.1 Å². The van der Waals surface area contributed by atoms with Crippen molar-refractivity contribution in [1.82, 2.24) is 14.3 Å². The highest BCUT2D eigenvalue weighted by Crippen LogP contribution is 2.37. The number of amides is 1. The number of thioether (sulfide) groups is 1. The van der Waals surface area contributed by atoms with Crippen LogP contribution in [0, 0.1) is 0 Å². The van der Waals surface area contributed by atoms with Crippen LogP contribution in [0.3, 0.4) is 0 Å². The molecule has 0 radical (unpaired) electrons. The van der Waals surface area contributed by atoms with Crippen molar-refractivity contribution in [2.75, 3.05) is 23.5 Å². The van der Waals surface area contributed by atoms with E-state index in [0.29, 0.717) is 32.7 Å². The number of anilines is 1. The number of rotatable bonds is 4. The first-order chi connectivity index (χ1) is 16.2. The summed E-state index contributed by atoms with van der Waals surface area (Å²) in [6.45, 7) is 0. The summed E-state index contributed by atoms with van der Waals surface area (Å²) in [5, 5.41) is 0. The fraction of sp³-hybridized carbons (Fsp3) is 0.478. The van der Waals surface area contributed by atoms with Crippen LogP contribution in [0.2, 0.25) is 0 Å². The molecule has 1 saturated carbocycles. The summed E-state index contributed by atoms with van der Waals surface area (Å²) >= 11 is 6.56. The van der Waals surface area contributed by atoms with Crippen LogP contribution in [0.25, 0.3) is 11.7 Å². The quantitative estimate of drug-likeness (QED) is 0.451. The second kappa shape index (κ2) is 9.09. The molecule has 180 valence electrons. The maximum absolute atomic E-state index is 13.5. The molecule has 0 spiro atoms. The van der Waals surface area contributed by atoms with E-state index in [2.05, 4.69) is 4.90 Å². The molecule has 11 heteroatoms. The van der Waals surface area contributed by atoms with Crippen molar-refractivity contribution >= 4 is 61.6 Å². The van der Waals surface area contributed by atoms with E-state index in [0.717, 1.165) is 37.4 Å². The van der Waals surface area contributed by atoms with E-state index in [-0.39, 0.29) is 29.0 Å². The molecule has 2 saturated heterocycles. The molecule has 34 heavy (non-hydrogen) atoms. The van der Waals surface area contributed by atoms with Gasteiger partial charge in [0, 0.05) is 19.3 Å². The van der Waals surface area contributed by atoms with Gasteiger partial charge in [0.25, 0.3) is 11.5 Å². The number of sulfone groups is 1. The Hall–Kier alpha value is -2.24. The first-order valence-electron chi connectivity index (χ1n) is 11.5. The van der Waals surface area contributed by atoms with Crippen molar-refractivity contribution in [3.8, 4) is 0 Å². The highest BCUT2D eigenvalue weighted by atomic mass is 32.2. The fourth-order valence-electron chi connectivity index (χ4n) is 5.03. The van der Waals surface area contributed by atoms with Crippen molar-refractivity contribution in [3.63, 3.8) is 0 Å². The van der Waals surface area contributed by atoms with Gasteiger partial charge in [0.2, 0.25) is 0 Å². The molecule has 1 unspecified atom stereocenters. The van der Waals surface area contributed by atoms with Gasteiger partial charge in [0.05, 0.1) is 28.0 Å². The van der Waals surface area contributed by atoms with Crippen molar-refractivity contribution in [2.24, 2.45) is 0 Å². The number of hydrogen-bond donors (Lipinski definition) is 0. The molecule has 3 fully saturated rings. The zero-order valence-corrected chi connectivity index (χ0v) is 21.3. The summed E-state index contributed by atoms with van der Waals surface area (Å²) in [7, 11) is -1.21. The van der Waals surface area contributed by atoms with Crippen LogP contribution in [0.15, 0.2) is 34.1 Å². The van der Waals surface area contributed by atoms with E-state index in [1.54, 1.807) is 24.4 Å². The summed E-state index contributed by atoms with van der Waals surface area (Å²) in [6.07, 6.45) is 9.18. The second-order valence-electron chi connectivity index (χ2n) is 9.09. The molecule has 3 aliphatic rings. The Morgan fingerprint density at radius 1 is 1.18 bits per heavy atom. The fourth-order valence-corrected chi connectivity index (χ4v) is 8.11. The molecule has 8 nitrogen and oxygen atoms in total. The molecular formula is C23H26N4O4S3. The molecule has 4 heterocycles. The molecule has 0 bridgehead atoms. The van der Waals surface area contributed by atoms with Gasteiger partial charge in [0.15, 0.2) is 9.84 Å². The molecule has 2 aromatic heterocycles. The molecule has 1 atom stereocenters. The first kappa shape index (κ1) is 23.5. The predicted molar refractivity (Wildman–Crippen MR) is 139 cm³/mol. The van der Waals surface area contributed by atoms with E-state index in [4.69, 9.17) is 17.2 Å². The van der Waals surface area contributed by atoms with Crippen LogP contribution in [0.4, 0.5) is 5.82 Å². The van der Waals surface area contributed by atoms with E-state index < -0.39 is 15.9 Å². The Morgan fingerprint density at radius 2 is 1.94 bits per heavy atom. The van der Waals surface area contributed by atoms with Gasteiger partial charge in [0.1, 0.15) is 15.8 Å². The molecule has 5 rings (SSSR count). The maximum atomic E-state index is 13.5. The van der Waals surface area contributed by atoms with Gasteiger partial charge in [-0.3, -0.25) is 18.9 Å². The van der Waals surface area contributed by atoms with Crippen LogP contribution in [-0.4, -0.2) is 63.6 Å². The summed E-state index contributed by atoms with van der Waals surface area (Å²) in [4.78, 5) is 35.4. The number of carbonyl (C=O) groups excluding carboxylic acids is 1. The largest absolute Gasteiger partial charge is 0.356 e. The normalized spacial score (nSPS) is 24.4. The highest BCUT2D eigenvalue weighted by molar-refractivity contribution is 8.26. The van der Waals surface area contributed by atoms with E-state index in [9.17, 15) is 18.0 Å². The van der Waals surface area contributed by atoms with Gasteiger partial charge in [-0.15, -0.1) is 0 Å². The molecule has 0 N–H and O–H groups in total. The Morgan fingerprint density at radius 3 is 2.65 bits per heavy atom. The van der Waals surface area contributed by atoms with Crippen LogP contribution in [-0.2, 0) is 14.6 Å². The topological polar surface area (TPSA) is 92.1 Å². The predicted octanol–water partition coefficient (Wildman–Crippen LogP) is 2.85. The summed E-state index contributed by atoms with van der Waals surface area (Å²) in [5.74, 6) is 0.181. The monoisotopic (exact) mass is 518 g/mol. The van der Waals surface area contributed by atoms with Gasteiger partial charge in [-0.1, -0.05) is 49.3 Å². The minimum atomic E-state index is -3.17. The molecule has 0 aromatic carbocycles. The minimum absolute atomic E-state index is 0.0556. The Bertz CT molecular complexity index is 1360. The third kappa shape index (κ3) is 4.29. The van der Waals surface area contributed by atoms with E-state index in [1.807, 2.05) is 13.1 Å². The smallest absolute Gasteiger partial charge is 0.267 e. The van der Waals surface area contributed by atoms with Crippen molar-refractivity contribution in [2.45, 2.75) is 50.6 Å². The molecule has 2 aromatic rings. The zero-order valence-electron chi connectivity index (χ0n) is 18.8. The number of thiocarbonyl (C=S) groups is 1. The lowest BCUT2D eigenvalue weighted by atomic mass is 9.94. The summed E-state index contributed by atoms with van der Waals surface area (Å²) in [6, 6.07) is 5.22. The summed E-state index contributed by atoms with van der Waals surface area (Å²) in [5.41, 5.74) is 0.638. The van der Waals surface area contributed by atoms with Crippen LogP contribution < -0.4 is 10.5 Å². The van der Waals surface area contributed by atoms with Crippen molar-refractivity contribution in [3.05, 3.63) is 45.2 Å². The SMILES string of the molecule is CN(c1nc2ccccn2c(=O)c1/C=C1\SC(=S)N(C2CCS(=O)(=O)C2)C1=O)C1CCCCC1. The Labute approximate surface area is 207 Å². The number of hydrogen-bond acceptors (Lipinski definition) is 8.